The van der Waals surface area contributed by atoms with Gasteiger partial charge in [-0.25, -0.2) is 0 Å². The Hall–Kier alpha value is -0.900. The molecule has 2 atom stereocenters. The smallest absolute Gasteiger partial charge is 0.0380 e. The molecule has 0 aliphatic carbocycles. The van der Waals surface area contributed by atoms with Crippen molar-refractivity contribution >= 4 is 0 Å². The maximum atomic E-state index is 2.75. The van der Waals surface area contributed by atoms with E-state index in [1.165, 1.54) is 70.5 Å². The van der Waals surface area contributed by atoms with Crippen molar-refractivity contribution in [3.63, 3.8) is 0 Å². The minimum Gasteiger partial charge on any atom is -0.300 e. The van der Waals surface area contributed by atoms with Crippen LogP contribution in [0.5, 0.6) is 0 Å². The Morgan fingerprint density at radius 1 is 1.04 bits per heavy atom. The lowest BCUT2D eigenvalue weighted by Gasteiger charge is -2.46. The van der Waals surface area contributed by atoms with E-state index < -0.39 is 0 Å². The van der Waals surface area contributed by atoms with Crippen LogP contribution in [0.15, 0.2) is 30.3 Å². The molecule has 0 bridgehead atoms. The Labute approximate surface area is 148 Å². The van der Waals surface area contributed by atoms with Crippen LogP contribution in [0.3, 0.4) is 0 Å². The standard InChI is InChI=1S/C21H35N3/c1-3-4-12-22-15-16-24(17-20-10-6-5-7-11-20)21(18-22)19(2)23-13-8-9-14-23/h5-7,10-11,19,21H,3-4,8-9,12-18H2,1-2H3/t19-,21+/m0/s1. The number of hydrogen-bond donors (Lipinski definition) is 0. The van der Waals surface area contributed by atoms with Gasteiger partial charge in [-0.05, 0) is 51.4 Å². The van der Waals surface area contributed by atoms with Crippen molar-refractivity contribution in [1.82, 2.24) is 14.7 Å². The van der Waals surface area contributed by atoms with Gasteiger partial charge in [0.05, 0.1) is 0 Å². The number of hydrogen-bond acceptors (Lipinski definition) is 3. The summed E-state index contributed by atoms with van der Waals surface area (Å²) < 4.78 is 0. The molecular formula is C21H35N3. The first-order chi connectivity index (χ1) is 11.8. The Bertz CT molecular complexity index is 469. The summed E-state index contributed by atoms with van der Waals surface area (Å²) in [6, 6.07) is 12.4. The predicted molar refractivity (Wildman–Crippen MR) is 102 cm³/mol. The third kappa shape index (κ3) is 4.59. The number of nitrogens with zero attached hydrogens (tertiary/aromatic N) is 3. The van der Waals surface area contributed by atoms with Gasteiger partial charge in [0, 0.05) is 38.3 Å². The predicted octanol–water partition coefficient (Wildman–Crippen LogP) is 3.46. The molecule has 24 heavy (non-hydrogen) atoms. The summed E-state index contributed by atoms with van der Waals surface area (Å²) in [6.07, 6.45) is 5.41. The van der Waals surface area contributed by atoms with E-state index in [2.05, 4.69) is 58.9 Å². The lowest BCUT2D eigenvalue weighted by atomic mass is 10.0. The van der Waals surface area contributed by atoms with Crippen LogP contribution in [0.2, 0.25) is 0 Å². The van der Waals surface area contributed by atoms with Gasteiger partial charge in [0.1, 0.15) is 0 Å². The maximum absolute atomic E-state index is 2.75. The van der Waals surface area contributed by atoms with Gasteiger partial charge in [-0.1, -0.05) is 43.7 Å². The van der Waals surface area contributed by atoms with Crippen LogP contribution in [-0.2, 0) is 6.54 Å². The highest BCUT2D eigenvalue weighted by molar-refractivity contribution is 5.15. The first-order valence-corrected chi connectivity index (χ1v) is 10.0. The summed E-state index contributed by atoms with van der Waals surface area (Å²) in [5, 5.41) is 0. The molecule has 0 saturated carbocycles. The second-order valence-corrected chi connectivity index (χ2v) is 7.66. The van der Waals surface area contributed by atoms with Crippen LogP contribution in [0.1, 0.15) is 45.1 Å². The van der Waals surface area contributed by atoms with E-state index in [9.17, 15) is 0 Å². The van der Waals surface area contributed by atoms with E-state index in [4.69, 9.17) is 0 Å². The van der Waals surface area contributed by atoms with Gasteiger partial charge in [0.15, 0.2) is 0 Å². The largest absolute Gasteiger partial charge is 0.300 e. The number of unbranched alkanes of at least 4 members (excludes halogenated alkanes) is 1. The Morgan fingerprint density at radius 3 is 2.50 bits per heavy atom. The van der Waals surface area contributed by atoms with Gasteiger partial charge in [0.25, 0.3) is 0 Å². The number of piperazine rings is 1. The Morgan fingerprint density at radius 2 is 1.79 bits per heavy atom. The van der Waals surface area contributed by atoms with Crippen LogP contribution in [-0.4, -0.2) is 66.1 Å². The van der Waals surface area contributed by atoms with Crippen LogP contribution in [0.4, 0.5) is 0 Å². The van der Waals surface area contributed by atoms with Crippen molar-refractivity contribution < 1.29 is 0 Å². The van der Waals surface area contributed by atoms with E-state index in [-0.39, 0.29) is 0 Å². The average molecular weight is 330 g/mol. The van der Waals surface area contributed by atoms with E-state index in [1.54, 1.807) is 0 Å². The molecule has 2 heterocycles. The Balaban J connectivity index is 1.67. The van der Waals surface area contributed by atoms with Crippen LogP contribution in [0, 0.1) is 0 Å². The highest BCUT2D eigenvalue weighted by atomic mass is 15.3. The van der Waals surface area contributed by atoms with E-state index in [1.807, 2.05) is 0 Å². The van der Waals surface area contributed by atoms with E-state index in [0.29, 0.717) is 12.1 Å². The van der Waals surface area contributed by atoms with Gasteiger partial charge in [-0.15, -0.1) is 0 Å². The quantitative estimate of drug-likeness (QED) is 0.758. The molecule has 1 aromatic rings. The molecule has 2 saturated heterocycles. The minimum atomic E-state index is 0.661. The molecule has 2 aliphatic heterocycles. The summed E-state index contributed by atoms with van der Waals surface area (Å²) in [5.41, 5.74) is 1.46. The molecular weight excluding hydrogens is 294 g/mol. The third-order valence-corrected chi connectivity index (χ3v) is 5.95. The molecule has 3 rings (SSSR count). The van der Waals surface area contributed by atoms with Crippen molar-refractivity contribution in [3.05, 3.63) is 35.9 Å². The van der Waals surface area contributed by atoms with Gasteiger partial charge < -0.3 is 4.90 Å². The zero-order valence-corrected chi connectivity index (χ0v) is 15.7. The monoisotopic (exact) mass is 329 g/mol. The zero-order chi connectivity index (χ0) is 16.8. The molecule has 2 aliphatic rings. The lowest BCUT2D eigenvalue weighted by Crippen LogP contribution is -2.60. The van der Waals surface area contributed by atoms with E-state index >= 15 is 0 Å². The molecule has 3 nitrogen and oxygen atoms in total. The van der Waals surface area contributed by atoms with Crippen molar-refractivity contribution in [2.45, 2.75) is 58.2 Å². The molecule has 0 unspecified atom stereocenters. The highest BCUT2D eigenvalue weighted by Gasteiger charge is 2.34. The molecule has 0 N–H and O–H groups in total. The fraction of sp³-hybridized carbons (Fsp3) is 0.714. The molecule has 2 fully saturated rings. The number of rotatable bonds is 7. The van der Waals surface area contributed by atoms with Crippen molar-refractivity contribution in [3.8, 4) is 0 Å². The molecule has 3 heteroatoms. The normalized spacial score (nSPS) is 25.2. The maximum Gasteiger partial charge on any atom is 0.0380 e. The molecule has 0 spiro atoms. The zero-order valence-electron chi connectivity index (χ0n) is 15.7. The summed E-state index contributed by atoms with van der Waals surface area (Å²) in [5.74, 6) is 0. The number of likely N-dealkylation sites (tertiary alicyclic amines) is 1. The molecule has 0 aromatic heterocycles. The topological polar surface area (TPSA) is 9.72 Å². The minimum absolute atomic E-state index is 0.661. The Kier molecular flexibility index (Phi) is 6.70. The summed E-state index contributed by atoms with van der Waals surface area (Å²) >= 11 is 0. The molecule has 134 valence electrons. The average Bonchev–Trinajstić information content (AvgIpc) is 3.16. The molecule has 0 radical (unpaired) electrons. The van der Waals surface area contributed by atoms with Crippen molar-refractivity contribution in [1.29, 1.82) is 0 Å². The fourth-order valence-corrected chi connectivity index (χ4v) is 4.36. The van der Waals surface area contributed by atoms with Gasteiger partial charge in [0.2, 0.25) is 0 Å². The second kappa shape index (κ2) is 8.98. The van der Waals surface area contributed by atoms with E-state index in [0.717, 1.165) is 6.54 Å². The summed E-state index contributed by atoms with van der Waals surface area (Å²) in [7, 11) is 0. The first-order valence-electron chi connectivity index (χ1n) is 10.0. The molecule has 1 aromatic carbocycles. The second-order valence-electron chi connectivity index (χ2n) is 7.66. The number of benzene rings is 1. The van der Waals surface area contributed by atoms with Crippen LogP contribution < -0.4 is 0 Å². The summed E-state index contributed by atoms with van der Waals surface area (Å²) in [4.78, 5) is 8.19. The fourth-order valence-electron chi connectivity index (χ4n) is 4.36. The van der Waals surface area contributed by atoms with Gasteiger partial charge >= 0.3 is 0 Å². The van der Waals surface area contributed by atoms with Crippen molar-refractivity contribution in [2.75, 3.05) is 39.3 Å². The van der Waals surface area contributed by atoms with Crippen LogP contribution in [0.25, 0.3) is 0 Å². The van der Waals surface area contributed by atoms with Gasteiger partial charge in [-0.3, -0.25) is 9.80 Å². The van der Waals surface area contributed by atoms with Crippen LogP contribution >= 0.6 is 0 Å². The third-order valence-electron chi connectivity index (χ3n) is 5.95. The van der Waals surface area contributed by atoms with Gasteiger partial charge in [-0.2, -0.15) is 0 Å². The highest BCUT2D eigenvalue weighted by Crippen LogP contribution is 2.22. The summed E-state index contributed by atoms with van der Waals surface area (Å²) in [6.45, 7) is 13.4. The SMILES string of the molecule is CCCCN1CCN(Cc2ccccc2)[C@@H]([C@H](C)N2CCCC2)C1. The molecule has 0 amide bonds. The van der Waals surface area contributed by atoms with Crippen molar-refractivity contribution in [2.24, 2.45) is 0 Å². The first kappa shape index (κ1) is 17.9. The lowest BCUT2D eigenvalue weighted by molar-refractivity contribution is 0.0209.